The Hall–Kier alpha value is -0.340. The average molecular weight is 310 g/mol. The van der Waals surface area contributed by atoms with Gasteiger partial charge in [0.25, 0.3) is 0 Å². The molecule has 0 heterocycles. The lowest BCUT2D eigenvalue weighted by atomic mass is 9.48. The maximum atomic E-state index is 3.68. The summed E-state index contributed by atoms with van der Waals surface area (Å²) < 4.78 is 1.17. The third-order valence-electron chi connectivity index (χ3n) is 4.89. The highest BCUT2D eigenvalue weighted by Crippen LogP contribution is 2.58. The molecule has 2 rings (SSSR count). The maximum absolute atomic E-state index is 3.68. The zero-order valence-electron chi connectivity index (χ0n) is 11.8. The van der Waals surface area contributed by atoms with Gasteiger partial charge in [-0.1, -0.05) is 55.8 Å². The van der Waals surface area contributed by atoms with Gasteiger partial charge in [-0.2, -0.15) is 0 Å². The molecule has 0 aliphatic heterocycles. The number of hydrogen-bond acceptors (Lipinski definition) is 1. The first-order valence-electron chi connectivity index (χ1n) is 7.03. The minimum Gasteiger partial charge on any atom is -0.313 e. The van der Waals surface area contributed by atoms with Gasteiger partial charge in [0.2, 0.25) is 0 Å². The Morgan fingerprint density at radius 2 is 1.83 bits per heavy atom. The Kier molecular flexibility index (Phi) is 4.18. The van der Waals surface area contributed by atoms with Gasteiger partial charge in [-0.05, 0) is 47.9 Å². The van der Waals surface area contributed by atoms with Gasteiger partial charge in [0.05, 0.1) is 0 Å². The zero-order valence-corrected chi connectivity index (χ0v) is 13.4. The topological polar surface area (TPSA) is 12.0 Å². The third-order valence-corrected chi connectivity index (χ3v) is 5.42. The Balaban J connectivity index is 2.25. The quantitative estimate of drug-likeness (QED) is 0.858. The Morgan fingerprint density at radius 1 is 1.22 bits per heavy atom. The van der Waals surface area contributed by atoms with Gasteiger partial charge < -0.3 is 5.32 Å². The average Bonchev–Trinajstić information content (AvgIpc) is 2.38. The van der Waals surface area contributed by atoms with Crippen molar-refractivity contribution < 1.29 is 0 Å². The molecule has 0 bridgehead atoms. The van der Waals surface area contributed by atoms with Crippen LogP contribution in [0.1, 0.15) is 45.6 Å². The second-order valence-corrected chi connectivity index (χ2v) is 6.70. The van der Waals surface area contributed by atoms with Crippen molar-refractivity contribution >= 4 is 15.9 Å². The predicted molar refractivity (Wildman–Crippen MR) is 81.9 cm³/mol. The summed E-state index contributed by atoms with van der Waals surface area (Å²) >= 11 is 3.52. The normalized spacial score (nSPS) is 35.3. The SMILES string of the molecule is CCNC1C(C)C(c2ccc(Br)cc2)C1(C)CC. The summed E-state index contributed by atoms with van der Waals surface area (Å²) in [5, 5.41) is 3.68. The Bertz CT molecular complexity index is 400. The molecule has 1 aromatic rings. The van der Waals surface area contributed by atoms with Gasteiger partial charge in [-0.25, -0.2) is 0 Å². The van der Waals surface area contributed by atoms with Crippen LogP contribution in [0.5, 0.6) is 0 Å². The number of nitrogens with one attached hydrogen (secondary N) is 1. The van der Waals surface area contributed by atoms with Crippen LogP contribution in [0.15, 0.2) is 28.7 Å². The lowest BCUT2D eigenvalue weighted by Gasteiger charge is -2.60. The number of halogens is 1. The zero-order chi connectivity index (χ0) is 13.3. The molecule has 1 aliphatic carbocycles. The van der Waals surface area contributed by atoms with E-state index in [1.54, 1.807) is 0 Å². The van der Waals surface area contributed by atoms with Crippen LogP contribution in [-0.2, 0) is 0 Å². The molecule has 18 heavy (non-hydrogen) atoms. The molecule has 100 valence electrons. The number of hydrogen-bond donors (Lipinski definition) is 1. The third kappa shape index (κ3) is 2.14. The lowest BCUT2D eigenvalue weighted by molar-refractivity contribution is -0.0187. The predicted octanol–water partition coefficient (Wildman–Crippen LogP) is 4.58. The molecular weight excluding hydrogens is 286 g/mol. The fourth-order valence-corrected chi connectivity index (χ4v) is 4.17. The molecule has 4 unspecified atom stereocenters. The van der Waals surface area contributed by atoms with Crippen molar-refractivity contribution in [2.45, 2.75) is 46.1 Å². The van der Waals surface area contributed by atoms with Crippen LogP contribution >= 0.6 is 15.9 Å². The molecule has 1 fully saturated rings. The first kappa shape index (κ1) is 14.1. The van der Waals surface area contributed by atoms with E-state index in [9.17, 15) is 0 Å². The van der Waals surface area contributed by atoms with E-state index in [4.69, 9.17) is 0 Å². The largest absolute Gasteiger partial charge is 0.313 e. The second kappa shape index (κ2) is 5.34. The van der Waals surface area contributed by atoms with E-state index in [0.29, 0.717) is 17.4 Å². The maximum Gasteiger partial charge on any atom is 0.0175 e. The van der Waals surface area contributed by atoms with Gasteiger partial charge in [0, 0.05) is 10.5 Å². The smallest absolute Gasteiger partial charge is 0.0175 e. The molecule has 0 spiro atoms. The molecule has 2 heteroatoms. The van der Waals surface area contributed by atoms with Crippen LogP contribution in [-0.4, -0.2) is 12.6 Å². The fourth-order valence-electron chi connectivity index (χ4n) is 3.90. The second-order valence-electron chi connectivity index (χ2n) is 5.78. The monoisotopic (exact) mass is 309 g/mol. The standard InChI is InChI=1S/C16H24BrN/c1-5-16(4)14(11(3)15(16)18-6-2)12-7-9-13(17)10-8-12/h7-11,14-15,18H,5-6H2,1-4H3. The molecule has 4 atom stereocenters. The molecule has 1 aliphatic rings. The van der Waals surface area contributed by atoms with Gasteiger partial charge in [-0.15, -0.1) is 0 Å². The molecule has 0 radical (unpaired) electrons. The molecule has 0 saturated heterocycles. The highest BCUT2D eigenvalue weighted by atomic mass is 79.9. The molecule has 1 saturated carbocycles. The molecule has 1 aromatic carbocycles. The van der Waals surface area contributed by atoms with Crippen molar-refractivity contribution in [3.8, 4) is 0 Å². The summed E-state index contributed by atoms with van der Waals surface area (Å²) in [7, 11) is 0. The van der Waals surface area contributed by atoms with Gasteiger partial charge in [0.1, 0.15) is 0 Å². The molecule has 0 amide bonds. The Labute approximate surface area is 119 Å². The van der Waals surface area contributed by atoms with Crippen molar-refractivity contribution in [1.29, 1.82) is 0 Å². The fraction of sp³-hybridized carbons (Fsp3) is 0.625. The number of benzene rings is 1. The summed E-state index contributed by atoms with van der Waals surface area (Å²) in [5.74, 6) is 1.40. The highest BCUT2D eigenvalue weighted by molar-refractivity contribution is 9.10. The minimum absolute atomic E-state index is 0.392. The van der Waals surface area contributed by atoms with E-state index in [0.717, 1.165) is 12.5 Å². The van der Waals surface area contributed by atoms with E-state index in [-0.39, 0.29) is 0 Å². The Morgan fingerprint density at radius 3 is 2.33 bits per heavy atom. The van der Waals surface area contributed by atoms with Gasteiger partial charge in [-0.3, -0.25) is 0 Å². The van der Waals surface area contributed by atoms with Crippen molar-refractivity contribution in [2.24, 2.45) is 11.3 Å². The van der Waals surface area contributed by atoms with Crippen molar-refractivity contribution in [3.05, 3.63) is 34.3 Å². The summed E-state index contributed by atoms with van der Waals surface area (Å²) in [6.07, 6.45) is 1.23. The van der Waals surface area contributed by atoms with Crippen LogP contribution in [0.3, 0.4) is 0 Å². The van der Waals surface area contributed by atoms with Crippen LogP contribution < -0.4 is 5.32 Å². The van der Waals surface area contributed by atoms with Crippen molar-refractivity contribution in [3.63, 3.8) is 0 Å². The van der Waals surface area contributed by atoms with E-state index in [2.05, 4.69) is 73.2 Å². The highest BCUT2D eigenvalue weighted by Gasteiger charge is 2.55. The first-order valence-corrected chi connectivity index (χ1v) is 7.82. The van der Waals surface area contributed by atoms with Crippen molar-refractivity contribution in [2.75, 3.05) is 6.54 Å². The molecular formula is C16H24BrN. The first-order chi connectivity index (χ1) is 8.54. The van der Waals surface area contributed by atoms with E-state index in [1.165, 1.54) is 16.5 Å². The van der Waals surface area contributed by atoms with Crippen LogP contribution in [0.4, 0.5) is 0 Å². The van der Waals surface area contributed by atoms with E-state index >= 15 is 0 Å². The molecule has 0 aromatic heterocycles. The van der Waals surface area contributed by atoms with Crippen molar-refractivity contribution in [1.82, 2.24) is 5.32 Å². The summed E-state index contributed by atoms with van der Waals surface area (Å²) in [6, 6.07) is 9.54. The molecule has 1 N–H and O–H groups in total. The summed E-state index contributed by atoms with van der Waals surface area (Å²) in [4.78, 5) is 0. The summed E-state index contributed by atoms with van der Waals surface area (Å²) in [6.45, 7) is 10.4. The van der Waals surface area contributed by atoms with Crippen LogP contribution in [0.2, 0.25) is 0 Å². The minimum atomic E-state index is 0.392. The van der Waals surface area contributed by atoms with Crippen LogP contribution in [0, 0.1) is 11.3 Å². The number of rotatable bonds is 4. The molecule has 1 nitrogen and oxygen atoms in total. The van der Waals surface area contributed by atoms with E-state index < -0.39 is 0 Å². The van der Waals surface area contributed by atoms with E-state index in [1.807, 2.05) is 0 Å². The summed E-state index contributed by atoms with van der Waals surface area (Å²) in [5.41, 5.74) is 1.88. The lowest BCUT2D eigenvalue weighted by Crippen LogP contribution is -2.62. The van der Waals surface area contributed by atoms with Gasteiger partial charge >= 0.3 is 0 Å². The van der Waals surface area contributed by atoms with Crippen LogP contribution in [0.25, 0.3) is 0 Å². The van der Waals surface area contributed by atoms with Gasteiger partial charge in [0.15, 0.2) is 0 Å².